The van der Waals surface area contributed by atoms with E-state index >= 15 is 0 Å². The standard InChI is InChI=1S/C18H34N2O/c1-3-20-12-8-9-15(20)14-19-16-13-17(21-4-2)18(16)10-6-5-7-11-18/h15-17,19H,3-14H2,1-2H3. The molecular formula is C18H34N2O. The Morgan fingerprint density at radius 3 is 2.67 bits per heavy atom. The van der Waals surface area contributed by atoms with Gasteiger partial charge in [0.05, 0.1) is 6.10 Å². The first kappa shape index (κ1) is 15.8. The van der Waals surface area contributed by atoms with Crippen molar-refractivity contribution in [2.45, 2.75) is 83.4 Å². The first-order valence-electron chi connectivity index (χ1n) is 9.39. The molecule has 0 aromatic heterocycles. The van der Waals surface area contributed by atoms with Gasteiger partial charge >= 0.3 is 0 Å². The van der Waals surface area contributed by atoms with E-state index in [1.54, 1.807) is 0 Å². The summed E-state index contributed by atoms with van der Waals surface area (Å²) in [6.45, 7) is 9.04. The van der Waals surface area contributed by atoms with E-state index < -0.39 is 0 Å². The molecule has 0 radical (unpaired) electrons. The number of rotatable bonds is 6. The maximum atomic E-state index is 6.07. The van der Waals surface area contributed by atoms with E-state index in [0.717, 1.165) is 12.6 Å². The fourth-order valence-corrected chi connectivity index (χ4v) is 5.17. The second-order valence-corrected chi connectivity index (χ2v) is 7.36. The zero-order chi connectivity index (χ0) is 14.7. The Bertz CT molecular complexity index is 327. The molecule has 1 spiro atoms. The molecule has 2 saturated carbocycles. The topological polar surface area (TPSA) is 24.5 Å². The Kier molecular flexibility index (Phi) is 5.23. The van der Waals surface area contributed by atoms with Crippen LogP contribution in [-0.2, 0) is 4.74 Å². The molecule has 0 aromatic rings. The van der Waals surface area contributed by atoms with Crippen molar-refractivity contribution in [3.05, 3.63) is 0 Å². The summed E-state index contributed by atoms with van der Waals surface area (Å²) >= 11 is 0. The van der Waals surface area contributed by atoms with Crippen LogP contribution < -0.4 is 5.32 Å². The van der Waals surface area contributed by atoms with Gasteiger partial charge < -0.3 is 10.1 Å². The minimum absolute atomic E-state index is 0.476. The van der Waals surface area contributed by atoms with Crippen molar-refractivity contribution in [1.82, 2.24) is 10.2 Å². The van der Waals surface area contributed by atoms with Crippen molar-refractivity contribution in [2.24, 2.45) is 5.41 Å². The van der Waals surface area contributed by atoms with Crippen LogP contribution in [0.15, 0.2) is 0 Å². The van der Waals surface area contributed by atoms with E-state index in [0.29, 0.717) is 17.6 Å². The fraction of sp³-hybridized carbons (Fsp3) is 1.00. The third-order valence-corrected chi connectivity index (χ3v) is 6.44. The molecule has 3 rings (SSSR count). The van der Waals surface area contributed by atoms with Gasteiger partial charge in [-0.1, -0.05) is 26.2 Å². The van der Waals surface area contributed by atoms with E-state index in [-0.39, 0.29) is 0 Å². The van der Waals surface area contributed by atoms with Gasteiger partial charge in [0.2, 0.25) is 0 Å². The summed E-state index contributed by atoms with van der Waals surface area (Å²) in [6.07, 6.45) is 11.6. The lowest BCUT2D eigenvalue weighted by Crippen LogP contribution is -2.65. The van der Waals surface area contributed by atoms with Crippen LogP contribution in [0.25, 0.3) is 0 Å². The molecule has 3 fully saturated rings. The molecule has 0 aromatic carbocycles. The molecule has 3 atom stereocenters. The summed E-state index contributed by atoms with van der Waals surface area (Å²) in [6, 6.07) is 1.50. The van der Waals surface area contributed by atoms with Gasteiger partial charge in [-0.3, -0.25) is 4.90 Å². The minimum atomic E-state index is 0.476. The van der Waals surface area contributed by atoms with Gasteiger partial charge in [-0.25, -0.2) is 0 Å². The van der Waals surface area contributed by atoms with Crippen molar-refractivity contribution >= 4 is 0 Å². The van der Waals surface area contributed by atoms with E-state index in [9.17, 15) is 0 Å². The molecule has 1 N–H and O–H groups in total. The number of nitrogens with zero attached hydrogens (tertiary/aromatic N) is 1. The number of hydrogen-bond acceptors (Lipinski definition) is 3. The minimum Gasteiger partial charge on any atom is -0.378 e. The fourth-order valence-electron chi connectivity index (χ4n) is 5.17. The number of hydrogen-bond donors (Lipinski definition) is 1. The van der Waals surface area contributed by atoms with Crippen LogP contribution in [0, 0.1) is 5.41 Å². The van der Waals surface area contributed by atoms with Crippen LogP contribution >= 0.6 is 0 Å². The Morgan fingerprint density at radius 2 is 1.95 bits per heavy atom. The third kappa shape index (κ3) is 3.02. The van der Waals surface area contributed by atoms with Gasteiger partial charge in [0.1, 0.15) is 0 Å². The lowest BCUT2D eigenvalue weighted by atomic mass is 9.55. The Balaban J connectivity index is 1.55. The molecule has 1 heterocycles. The third-order valence-electron chi connectivity index (χ3n) is 6.44. The highest BCUT2D eigenvalue weighted by molar-refractivity contribution is 5.09. The predicted octanol–water partition coefficient (Wildman–Crippen LogP) is 3.19. The largest absolute Gasteiger partial charge is 0.378 e. The average molecular weight is 294 g/mol. The molecule has 122 valence electrons. The van der Waals surface area contributed by atoms with Gasteiger partial charge in [-0.05, 0) is 52.1 Å². The molecule has 3 nitrogen and oxygen atoms in total. The first-order valence-corrected chi connectivity index (χ1v) is 9.39. The zero-order valence-electron chi connectivity index (χ0n) is 14.1. The van der Waals surface area contributed by atoms with Crippen LogP contribution in [0.4, 0.5) is 0 Å². The van der Waals surface area contributed by atoms with Gasteiger partial charge in [0.15, 0.2) is 0 Å². The highest BCUT2D eigenvalue weighted by atomic mass is 16.5. The maximum absolute atomic E-state index is 6.07. The van der Waals surface area contributed by atoms with Crippen molar-refractivity contribution in [2.75, 3.05) is 26.2 Å². The molecule has 3 unspecified atom stereocenters. The highest BCUT2D eigenvalue weighted by Gasteiger charge is 2.55. The monoisotopic (exact) mass is 294 g/mol. The van der Waals surface area contributed by atoms with Gasteiger partial charge in [-0.2, -0.15) is 0 Å². The van der Waals surface area contributed by atoms with Crippen LogP contribution in [0.5, 0.6) is 0 Å². The maximum Gasteiger partial charge on any atom is 0.0661 e. The van der Waals surface area contributed by atoms with Gasteiger partial charge in [-0.15, -0.1) is 0 Å². The van der Waals surface area contributed by atoms with E-state index in [2.05, 4.69) is 24.1 Å². The predicted molar refractivity (Wildman–Crippen MR) is 87.6 cm³/mol. The Morgan fingerprint density at radius 1 is 1.14 bits per heavy atom. The van der Waals surface area contributed by atoms with Crippen LogP contribution in [0.1, 0.15) is 65.2 Å². The molecule has 1 saturated heterocycles. The Hall–Kier alpha value is -0.120. The molecule has 2 aliphatic carbocycles. The normalized spacial score (nSPS) is 36.0. The average Bonchev–Trinajstić information content (AvgIpc) is 2.98. The Labute approximate surface area is 130 Å². The lowest BCUT2D eigenvalue weighted by Gasteiger charge is -2.58. The summed E-state index contributed by atoms with van der Waals surface area (Å²) < 4.78 is 6.07. The summed E-state index contributed by atoms with van der Waals surface area (Å²) in [4.78, 5) is 2.65. The highest BCUT2D eigenvalue weighted by Crippen LogP contribution is 2.53. The SMILES string of the molecule is CCOC1CC(NCC2CCCN2CC)C12CCCCC2. The summed E-state index contributed by atoms with van der Waals surface area (Å²) in [5, 5.41) is 3.95. The van der Waals surface area contributed by atoms with Crippen LogP contribution in [0.3, 0.4) is 0 Å². The quantitative estimate of drug-likeness (QED) is 0.814. The summed E-state index contributed by atoms with van der Waals surface area (Å²) in [7, 11) is 0. The van der Waals surface area contributed by atoms with E-state index in [1.165, 1.54) is 71.0 Å². The van der Waals surface area contributed by atoms with E-state index in [1.807, 2.05) is 0 Å². The van der Waals surface area contributed by atoms with Crippen molar-refractivity contribution in [3.8, 4) is 0 Å². The summed E-state index contributed by atoms with van der Waals surface area (Å²) in [5.41, 5.74) is 0.476. The molecule has 1 aliphatic heterocycles. The smallest absolute Gasteiger partial charge is 0.0661 e. The van der Waals surface area contributed by atoms with Crippen molar-refractivity contribution < 1.29 is 4.74 Å². The van der Waals surface area contributed by atoms with E-state index in [4.69, 9.17) is 4.74 Å². The first-order chi connectivity index (χ1) is 10.3. The molecular weight excluding hydrogens is 260 g/mol. The van der Waals surface area contributed by atoms with Crippen LogP contribution in [-0.4, -0.2) is 49.3 Å². The molecule has 0 amide bonds. The van der Waals surface area contributed by atoms with Gasteiger partial charge in [0, 0.05) is 30.7 Å². The number of nitrogens with one attached hydrogen (secondary N) is 1. The number of ether oxygens (including phenoxy) is 1. The molecule has 3 aliphatic rings. The van der Waals surface area contributed by atoms with Crippen LogP contribution in [0.2, 0.25) is 0 Å². The molecule has 3 heteroatoms. The second-order valence-electron chi connectivity index (χ2n) is 7.36. The number of likely N-dealkylation sites (N-methyl/N-ethyl adjacent to an activating group) is 1. The van der Waals surface area contributed by atoms with Crippen molar-refractivity contribution in [1.29, 1.82) is 0 Å². The summed E-state index contributed by atoms with van der Waals surface area (Å²) in [5.74, 6) is 0. The lowest BCUT2D eigenvalue weighted by molar-refractivity contribution is -0.150. The second kappa shape index (κ2) is 6.97. The molecule has 21 heavy (non-hydrogen) atoms. The zero-order valence-corrected chi connectivity index (χ0v) is 14.1. The molecule has 0 bridgehead atoms. The van der Waals surface area contributed by atoms with Crippen molar-refractivity contribution in [3.63, 3.8) is 0 Å². The number of likely N-dealkylation sites (tertiary alicyclic amines) is 1. The van der Waals surface area contributed by atoms with Gasteiger partial charge in [0.25, 0.3) is 0 Å².